The van der Waals surface area contributed by atoms with Crippen LogP contribution < -0.4 is 9.62 Å². The van der Waals surface area contributed by atoms with Gasteiger partial charge in [-0.25, -0.2) is 13.1 Å². The minimum absolute atomic E-state index is 0.143. The van der Waals surface area contributed by atoms with Crippen LogP contribution in [0.5, 0.6) is 0 Å². The van der Waals surface area contributed by atoms with E-state index in [0.717, 1.165) is 35.1 Å². The van der Waals surface area contributed by atoms with E-state index in [1.165, 1.54) is 6.92 Å². The molecule has 1 unspecified atom stereocenters. The van der Waals surface area contributed by atoms with Crippen LogP contribution in [0.3, 0.4) is 0 Å². The Hall–Kier alpha value is -3.16. The largest absolute Gasteiger partial charge is 0.456 e. The molecular formula is C25H29N3O5S. The van der Waals surface area contributed by atoms with E-state index in [2.05, 4.69) is 41.7 Å². The molecule has 3 aromatic rings. The summed E-state index contributed by atoms with van der Waals surface area (Å²) in [4.78, 5) is 1.77. The monoisotopic (exact) mass is 483 g/mol. The van der Waals surface area contributed by atoms with Crippen molar-refractivity contribution >= 4 is 32.1 Å². The van der Waals surface area contributed by atoms with E-state index in [0.29, 0.717) is 5.76 Å². The van der Waals surface area contributed by atoms with Gasteiger partial charge in [-0.15, -0.1) is 0 Å². The van der Waals surface area contributed by atoms with Gasteiger partial charge < -0.3 is 19.5 Å². The van der Waals surface area contributed by atoms with Crippen molar-refractivity contribution in [1.29, 1.82) is 5.26 Å². The molecule has 3 N–H and O–H groups in total. The molecule has 0 aliphatic carbocycles. The van der Waals surface area contributed by atoms with Crippen LogP contribution in [0.2, 0.25) is 0 Å². The second-order valence-electron chi connectivity index (χ2n) is 7.84. The smallest absolute Gasteiger partial charge is 0.251 e. The molecule has 9 heteroatoms. The van der Waals surface area contributed by atoms with Crippen LogP contribution in [0.15, 0.2) is 57.9 Å². The summed E-state index contributed by atoms with van der Waals surface area (Å²) in [5.74, 6) is 0.791. The molecular weight excluding hydrogens is 454 g/mol. The fraction of sp³-hybridized carbons (Fsp3) is 0.320. The SMILES string of the molecule is CCN(CC)c1ccc2cc(-c3ccc(C(C)=C(C#N)S(=O)(=O)NCC(O)CO)o3)ccc2c1. The number of hydrogen-bond acceptors (Lipinski definition) is 7. The van der Waals surface area contributed by atoms with Gasteiger partial charge in [0.2, 0.25) is 0 Å². The normalized spacial score (nSPS) is 13.4. The van der Waals surface area contributed by atoms with Crippen LogP contribution in [-0.2, 0) is 10.0 Å². The van der Waals surface area contributed by atoms with Crippen molar-refractivity contribution in [2.45, 2.75) is 26.9 Å². The summed E-state index contributed by atoms with van der Waals surface area (Å²) in [7, 11) is -4.19. The summed E-state index contributed by atoms with van der Waals surface area (Å²) >= 11 is 0. The third-order valence-electron chi connectivity index (χ3n) is 5.64. The molecule has 34 heavy (non-hydrogen) atoms. The third kappa shape index (κ3) is 5.48. The van der Waals surface area contributed by atoms with Crippen LogP contribution in [0.25, 0.3) is 27.7 Å². The van der Waals surface area contributed by atoms with E-state index < -0.39 is 34.2 Å². The first-order chi connectivity index (χ1) is 16.2. The first kappa shape index (κ1) is 25.5. The molecule has 0 amide bonds. The van der Waals surface area contributed by atoms with Gasteiger partial charge in [-0.2, -0.15) is 5.26 Å². The predicted octanol–water partition coefficient (Wildman–Crippen LogP) is 3.47. The summed E-state index contributed by atoms with van der Waals surface area (Å²) in [6.45, 7) is 6.58. The van der Waals surface area contributed by atoms with Crippen molar-refractivity contribution in [2.75, 3.05) is 31.1 Å². The number of sulfonamides is 1. The van der Waals surface area contributed by atoms with Crippen molar-refractivity contribution in [3.05, 3.63) is 59.2 Å². The molecule has 8 nitrogen and oxygen atoms in total. The van der Waals surface area contributed by atoms with Gasteiger partial charge in [0.25, 0.3) is 10.0 Å². The first-order valence-corrected chi connectivity index (χ1v) is 12.5. The van der Waals surface area contributed by atoms with Gasteiger partial charge in [0.15, 0.2) is 4.91 Å². The number of nitrogens with zero attached hydrogens (tertiary/aromatic N) is 2. The Labute approximate surface area is 199 Å². The molecule has 1 heterocycles. The Kier molecular flexibility index (Phi) is 8.12. The number of fused-ring (bicyclic) bond motifs is 1. The number of allylic oxidation sites excluding steroid dienone is 2. The summed E-state index contributed by atoms with van der Waals surface area (Å²) in [6, 6.07) is 17.3. The quantitative estimate of drug-likeness (QED) is 0.377. The Bertz CT molecular complexity index is 1330. The van der Waals surface area contributed by atoms with Crippen LogP contribution in [0.4, 0.5) is 5.69 Å². The number of rotatable bonds is 10. The molecule has 1 aromatic heterocycles. The highest BCUT2D eigenvalue weighted by Crippen LogP contribution is 2.31. The van der Waals surface area contributed by atoms with Crippen LogP contribution >= 0.6 is 0 Å². The molecule has 0 aliphatic heterocycles. The van der Waals surface area contributed by atoms with Crippen molar-refractivity contribution in [3.8, 4) is 17.4 Å². The van der Waals surface area contributed by atoms with Crippen LogP contribution in [0, 0.1) is 11.3 Å². The van der Waals surface area contributed by atoms with E-state index in [1.54, 1.807) is 18.2 Å². The maximum Gasteiger partial charge on any atom is 0.251 e. The lowest BCUT2D eigenvalue weighted by Gasteiger charge is -2.21. The number of aliphatic hydroxyl groups excluding tert-OH is 2. The topological polar surface area (TPSA) is 127 Å². The van der Waals surface area contributed by atoms with Crippen molar-refractivity contribution in [1.82, 2.24) is 4.72 Å². The van der Waals surface area contributed by atoms with Gasteiger partial charge in [0.1, 0.15) is 17.6 Å². The summed E-state index contributed by atoms with van der Waals surface area (Å²) in [5.41, 5.74) is 2.13. The summed E-state index contributed by atoms with van der Waals surface area (Å²) in [6.07, 6.45) is -1.26. The third-order valence-corrected chi connectivity index (χ3v) is 7.12. The van der Waals surface area contributed by atoms with Gasteiger partial charge in [0.05, 0.1) is 12.7 Å². The maximum atomic E-state index is 12.5. The van der Waals surface area contributed by atoms with Crippen molar-refractivity contribution in [2.24, 2.45) is 0 Å². The van der Waals surface area contributed by atoms with Crippen molar-refractivity contribution in [3.63, 3.8) is 0 Å². The molecule has 0 bridgehead atoms. The molecule has 180 valence electrons. The molecule has 0 aliphatic rings. The fourth-order valence-corrected chi connectivity index (χ4v) is 4.85. The fourth-order valence-electron chi connectivity index (χ4n) is 3.67. The highest BCUT2D eigenvalue weighted by Gasteiger charge is 2.23. The summed E-state index contributed by atoms with van der Waals surface area (Å²) < 4.78 is 33.0. The Morgan fingerprint density at radius 1 is 1.12 bits per heavy atom. The van der Waals surface area contributed by atoms with E-state index in [1.807, 2.05) is 18.2 Å². The lowest BCUT2D eigenvalue weighted by Crippen LogP contribution is -2.34. The number of nitrogens with one attached hydrogen (secondary N) is 1. The second kappa shape index (κ2) is 10.8. The Morgan fingerprint density at radius 2 is 1.79 bits per heavy atom. The number of nitriles is 1. The number of hydrogen-bond donors (Lipinski definition) is 3. The number of benzene rings is 2. The van der Waals surface area contributed by atoms with E-state index in [9.17, 15) is 18.8 Å². The average Bonchev–Trinajstić information content (AvgIpc) is 3.33. The number of anilines is 1. The molecule has 3 rings (SSSR count). The van der Waals surface area contributed by atoms with Crippen LogP contribution in [0.1, 0.15) is 26.5 Å². The first-order valence-electron chi connectivity index (χ1n) is 11.0. The van der Waals surface area contributed by atoms with Gasteiger partial charge in [-0.1, -0.05) is 18.2 Å². The van der Waals surface area contributed by atoms with Gasteiger partial charge in [0, 0.05) is 36.5 Å². The maximum absolute atomic E-state index is 12.5. The van der Waals surface area contributed by atoms with Crippen LogP contribution in [-0.4, -0.2) is 51.0 Å². The van der Waals surface area contributed by atoms with Gasteiger partial charge in [-0.3, -0.25) is 0 Å². The van der Waals surface area contributed by atoms with Gasteiger partial charge in [-0.05, 0) is 61.9 Å². The van der Waals surface area contributed by atoms with Gasteiger partial charge >= 0.3 is 0 Å². The predicted molar refractivity (Wildman–Crippen MR) is 133 cm³/mol. The zero-order valence-corrected chi connectivity index (χ0v) is 20.3. The highest BCUT2D eigenvalue weighted by atomic mass is 32.2. The second-order valence-corrected chi connectivity index (χ2v) is 9.54. The van der Waals surface area contributed by atoms with Crippen molar-refractivity contribution < 1.29 is 23.0 Å². The molecule has 0 fully saturated rings. The molecule has 0 saturated heterocycles. The number of furan rings is 1. The zero-order valence-electron chi connectivity index (χ0n) is 19.4. The molecule has 0 radical (unpaired) electrons. The molecule has 0 saturated carbocycles. The van der Waals surface area contributed by atoms with E-state index in [-0.39, 0.29) is 11.3 Å². The molecule has 0 spiro atoms. The lowest BCUT2D eigenvalue weighted by molar-refractivity contribution is 0.0989. The van der Waals surface area contributed by atoms with E-state index >= 15 is 0 Å². The molecule has 1 atom stereocenters. The minimum Gasteiger partial charge on any atom is -0.456 e. The Balaban J connectivity index is 1.91. The standard InChI is InChI=1S/C25H29N3O5S/c1-4-28(5-2)21-9-8-18-12-20(7-6-19(18)13-21)24-11-10-23(33-24)17(3)25(14-26)34(31,32)27-15-22(30)16-29/h6-13,22,27,29-30H,4-5,15-16H2,1-3H3. The highest BCUT2D eigenvalue weighted by molar-refractivity contribution is 7.93. The Morgan fingerprint density at radius 3 is 2.44 bits per heavy atom. The lowest BCUT2D eigenvalue weighted by atomic mass is 10.0. The zero-order chi connectivity index (χ0) is 24.9. The summed E-state index contributed by atoms with van der Waals surface area (Å²) in [5, 5.41) is 29.9. The average molecular weight is 484 g/mol. The van der Waals surface area contributed by atoms with E-state index in [4.69, 9.17) is 9.52 Å². The molecule has 2 aromatic carbocycles. The number of aliphatic hydroxyl groups is 2. The minimum atomic E-state index is -4.19.